The minimum absolute atomic E-state index is 0.0384. The largest absolute Gasteiger partial charge is 0.293 e. The minimum atomic E-state index is -0.413. The summed E-state index contributed by atoms with van der Waals surface area (Å²) in [5, 5.41) is 0.538. The zero-order chi connectivity index (χ0) is 13.1. The summed E-state index contributed by atoms with van der Waals surface area (Å²) in [6.45, 7) is 2.08. The fourth-order valence-corrected chi connectivity index (χ4v) is 5.21. The Bertz CT molecular complexity index is 453. The van der Waals surface area contributed by atoms with Crippen molar-refractivity contribution in [1.29, 1.82) is 0 Å². The van der Waals surface area contributed by atoms with E-state index in [-0.39, 0.29) is 11.0 Å². The van der Waals surface area contributed by atoms with Crippen molar-refractivity contribution in [3.8, 4) is 0 Å². The molecule has 1 nitrogen and oxygen atoms in total. The first-order chi connectivity index (χ1) is 8.63. The van der Waals surface area contributed by atoms with E-state index in [1.807, 2.05) is 11.8 Å². The molecule has 1 aromatic carbocycles. The molecular weight excluding hydrogens is 291 g/mol. The molecule has 2 rings (SSSR count). The van der Waals surface area contributed by atoms with E-state index in [1.54, 1.807) is 11.8 Å². The van der Waals surface area contributed by atoms with Crippen molar-refractivity contribution in [3.63, 3.8) is 0 Å². The number of thioether (sulfide) groups is 2. The van der Waals surface area contributed by atoms with E-state index in [9.17, 15) is 9.18 Å². The third-order valence-electron chi connectivity index (χ3n) is 2.90. The third-order valence-corrected chi connectivity index (χ3v) is 6.48. The van der Waals surface area contributed by atoms with Crippen LogP contribution in [0, 0.1) is 5.82 Å². The highest BCUT2D eigenvalue weighted by atomic mass is 35.5. The number of carbonyl (C=O) groups excluding carboxylic acids is 1. The van der Waals surface area contributed by atoms with Gasteiger partial charge in [0.05, 0.1) is 10.3 Å². The van der Waals surface area contributed by atoms with E-state index >= 15 is 0 Å². The summed E-state index contributed by atoms with van der Waals surface area (Å²) in [4.78, 5) is 12.5. The van der Waals surface area contributed by atoms with Crippen molar-refractivity contribution >= 4 is 40.9 Å². The molecule has 0 saturated carbocycles. The van der Waals surface area contributed by atoms with E-state index < -0.39 is 5.82 Å². The first-order valence-electron chi connectivity index (χ1n) is 5.86. The summed E-state index contributed by atoms with van der Waals surface area (Å²) in [6, 6.07) is 3.97. The first-order valence-corrected chi connectivity index (χ1v) is 8.33. The van der Waals surface area contributed by atoms with Crippen LogP contribution in [0.25, 0.3) is 0 Å². The molecule has 2 unspecified atom stereocenters. The molecule has 0 aliphatic carbocycles. The van der Waals surface area contributed by atoms with Crippen LogP contribution in [0.15, 0.2) is 18.2 Å². The molecule has 2 atom stereocenters. The van der Waals surface area contributed by atoms with Gasteiger partial charge < -0.3 is 0 Å². The third kappa shape index (κ3) is 3.03. The first kappa shape index (κ1) is 14.2. The van der Waals surface area contributed by atoms with E-state index in [1.165, 1.54) is 18.2 Å². The van der Waals surface area contributed by atoms with Gasteiger partial charge in [0.15, 0.2) is 5.78 Å². The van der Waals surface area contributed by atoms with Crippen LogP contribution in [0.2, 0.25) is 5.02 Å². The average molecular weight is 305 g/mol. The Kier molecular flexibility index (Phi) is 4.98. The molecule has 1 heterocycles. The number of ketones is 1. The van der Waals surface area contributed by atoms with Crippen LogP contribution in [0.5, 0.6) is 0 Å². The molecule has 0 N–H and O–H groups in total. The van der Waals surface area contributed by atoms with Gasteiger partial charge in [-0.25, -0.2) is 4.39 Å². The summed E-state index contributed by atoms with van der Waals surface area (Å²) in [7, 11) is 0. The van der Waals surface area contributed by atoms with Crippen molar-refractivity contribution in [1.82, 2.24) is 0 Å². The molecule has 0 spiro atoms. The molecule has 0 amide bonds. The Morgan fingerprint density at radius 2 is 2.17 bits per heavy atom. The van der Waals surface area contributed by atoms with E-state index in [0.29, 0.717) is 15.8 Å². The average Bonchev–Trinajstić information content (AvgIpc) is 2.40. The molecule has 18 heavy (non-hydrogen) atoms. The zero-order valence-corrected chi connectivity index (χ0v) is 12.4. The van der Waals surface area contributed by atoms with Gasteiger partial charge in [-0.15, -0.1) is 11.8 Å². The highest BCUT2D eigenvalue weighted by molar-refractivity contribution is 8.07. The maximum Gasteiger partial charge on any atom is 0.178 e. The second-order valence-electron chi connectivity index (χ2n) is 4.10. The monoisotopic (exact) mass is 304 g/mol. The Morgan fingerprint density at radius 1 is 1.44 bits per heavy atom. The fraction of sp³-hybridized carbons (Fsp3) is 0.462. The standard InChI is InChI=1S/C13H14ClFOS2/c1-2-11-13(18-6-5-17-11)12(16)9-7-8(15)3-4-10(9)14/h3-4,7,11,13H,2,5-6H2,1H3. The van der Waals surface area contributed by atoms with Gasteiger partial charge in [-0.2, -0.15) is 11.8 Å². The lowest BCUT2D eigenvalue weighted by molar-refractivity contribution is 0.0987. The number of Topliss-reactive ketones (excluding diaryl/α,β-unsaturated/α-hetero) is 1. The van der Waals surface area contributed by atoms with Crippen molar-refractivity contribution in [2.24, 2.45) is 0 Å². The topological polar surface area (TPSA) is 17.1 Å². The molecule has 1 aliphatic rings. The van der Waals surface area contributed by atoms with Gasteiger partial charge >= 0.3 is 0 Å². The van der Waals surface area contributed by atoms with Crippen LogP contribution in [0.3, 0.4) is 0 Å². The Labute approximate surface area is 120 Å². The van der Waals surface area contributed by atoms with Gasteiger partial charge in [0.2, 0.25) is 0 Å². The van der Waals surface area contributed by atoms with Gasteiger partial charge in [-0.1, -0.05) is 18.5 Å². The summed E-state index contributed by atoms with van der Waals surface area (Å²) in [6.07, 6.45) is 0.945. The number of halogens is 2. The number of carbonyl (C=O) groups is 1. The molecular formula is C13H14ClFOS2. The van der Waals surface area contributed by atoms with E-state index in [4.69, 9.17) is 11.6 Å². The van der Waals surface area contributed by atoms with Crippen LogP contribution in [-0.2, 0) is 0 Å². The maximum atomic E-state index is 13.2. The fourth-order valence-electron chi connectivity index (χ4n) is 1.99. The Balaban J connectivity index is 2.26. The Hall–Kier alpha value is -0.190. The second kappa shape index (κ2) is 6.31. The van der Waals surface area contributed by atoms with Crippen molar-refractivity contribution < 1.29 is 9.18 Å². The van der Waals surface area contributed by atoms with Crippen molar-refractivity contribution in [2.75, 3.05) is 11.5 Å². The predicted octanol–water partition coefficient (Wildman–Crippen LogP) is 4.29. The summed E-state index contributed by atoms with van der Waals surface area (Å²) in [5.41, 5.74) is 0.315. The van der Waals surface area contributed by atoms with Crippen LogP contribution >= 0.6 is 35.1 Å². The van der Waals surface area contributed by atoms with Crippen LogP contribution < -0.4 is 0 Å². The number of benzene rings is 1. The highest BCUT2D eigenvalue weighted by Gasteiger charge is 2.32. The van der Waals surface area contributed by atoms with Crippen LogP contribution in [0.1, 0.15) is 23.7 Å². The number of hydrogen-bond acceptors (Lipinski definition) is 3. The van der Waals surface area contributed by atoms with Crippen molar-refractivity contribution in [3.05, 3.63) is 34.6 Å². The van der Waals surface area contributed by atoms with Gasteiger partial charge in [0.25, 0.3) is 0 Å². The molecule has 5 heteroatoms. The zero-order valence-electron chi connectivity index (χ0n) is 9.99. The SMILES string of the molecule is CCC1SCCSC1C(=O)c1cc(F)ccc1Cl. The summed E-state index contributed by atoms with van der Waals surface area (Å²) >= 11 is 9.49. The smallest absolute Gasteiger partial charge is 0.178 e. The molecule has 0 radical (unpaired) electrons. The molecule has 0 bridgehead atoms. The predicted molar refractivity (Wildman–Crippen MR) is 78.5 cm³/mol. The van der Waals surface area contributed by atoms with Crippen molar-refractivity contribution in [2.45, 2.75) is 23.8 Å². The lowest BCUT2D eigenvalue weighted by Crippen LogP contribution is -2.33. The van der Waals surface area contributed by atoms with Gasteiger partial charge in [0, 0.05) is 22.3 Å². The molecule has 1 aromatic rings. The summed E-state index contributed by atoms with van der Waals surface area (Å²) < 4.78 is 13.2. The van der Waals surface area contributed by atoms with Gasteiger partial charge in [-0.3, -0.25) is 4.79 Å². The lowest BCUT2D eigenvalue weighted by atomic mass is 10.0. The molecule has 1 saturated heterocycles. The quantitative estimate of drug-likeness (QED) is 0.776. The number of rotatable bonds is 3. The molecule has 1 aliphatic heterocycles. The van der Waals surface area contributed by atoms with Crippen LogP contribution in [0.4, 0.5) is 4.39 Å². The van der Waals surface area contributed by atoms with Gasteiger partial charge in [-0.05, 0) is 24.6 Å². The minimum Gasteiger partial charge on any atom is -0.293 e. The van der Waals surface area contributed by atoms with Gasteiger partial charge in [0.1, 0.15) is 5.82 Å². The molecule has 98 valence electrons. The molecule has 1 fully saturated rings. The molecule has 0 aromatic heterocycles. The maximum absolute atomic E-state index is 13.2. The summed E-state index contributed by atoms with van der Waals surface area (Å²) in [5.74, 6) is 1.58. The van der Waals surface area contributed by atoms with Crippen LogP contribution in [-0.4, -0.2) is 27.8 Å². The lowest BCUT2D eigenvalue weighted by Gasteiger charge is -2.28. The van der Waals surface area contributed by atoms with E-state index in [0.717, 1.165) is 17.9 Å². The highest BCUT2D eigenvalue weighted by Crippen LogP contribution is 2.36. The number of hydrogen-bond donors (Lipinski definition) is 0. The Morgan fingerprint density at radius 3 is 2.89 bits per heavy atom. The van der Waals surface area contributed by atoms with E-state index in [2.05, 4.69) is 6.92 Å². The normalized spacial score (nSPS) is 23.9. The second-order valence-corrected chi connectivity index (χ2v) is 7.10.